The molecule has 4 nitrogen and oxygen atoms in total. The van der Waals surface area contributed by atoms with Crippen LogP contribution in [0.15, 0.2) is 6.20 Å². The lowest BCUT2D eigenvalue weighted by atomic mass is 10.0. The molecule has 1 aliphatic heterocycles. The number of rotatable bonds is 5. The van der Waals surface area contributed by atoms with E-state index in [1.807, 2.05) is 6.20 Å². The minimum Gasteiger partial charge on any atom is -0.354 e. The summed E-state index contributed by atoms with van der Waals surface area (Å²) in [5, 5.41) is 3.28. The highest BCUT2D eigenvalue weighted by Gasteiger charge is 2.29. The number of hydrogen-bond donors (Lipinski definition) is 1. The minimum atomic E-state index is 0.618. The van der Waals surface area contributed by atoms with Gasteiger partial charge >= 0.3 is 0 Å². The maximum atomic E-state index is 4.73. The largest absolute Gasteiger partial charge is 0.354 e. The van der Waals surface area contributed by atoms with Crippen molar-refractivity contribution in [1.82, 2.24) is 9.97 Å². The van der Waals surface area contributed by atoms with Crippen molar-refractivity contribution in [3.8, 4) is 0 Å². The summed E-state index contributed by atoms with van der Waals surface area (Å²) in [5.41, 5.74) is 1.18. The van der Waals surface area contributed by atoms with Crippen LogP contribution >= 0.6 is 0 Å². The highest BCUT2D eigenvalue weighted by Crippen LogP contribution is 2.30. The van der Waals surface area contributed by atoms with Crippen molar-refractivity contribution in [2.24, 2.45) is 5.92 Å². The van der Waals surface area contributed by atoms with E-state index in [1.54, 1.807) is 0 Å². The van der Waals surface area contributed by atoms with Crippen molar-refractivity contribution in [1.29, 1.82) is 0 Å². The molecule has 4 heteroatoms. The van der Waals surface area contributed by atoms with Gasteiger partial charge < -0.3 is 10.2 Å². The third-order valence-corrected chi connectivity index (χ3v) is 3.82. The van der Waals surface area contributed by atoms with Crippen LogP contribution in [0.5, 0.6) is 0 Å². The van der Waals surface area contributed by atoms with Crippen LogP contribution in [0, 0.1) is 12.8 Å². The van der Waals surface area contributed by atoms with Crippen molar-refractivity contribution in [2.75, 3.05) is 23.3 Å². The fourth-order valence-electron chi connectivity index (χ4n) is 2.79. The molecule has 0 aromatic carbocycles. The SMILES string of the molecule is CCCNc1ncc(C)c(N2CCCC2C(C)C)n1. The van der Waals surface area contributed by atoms with Gasteiger partial charge in [0.05, 0.1) is 0 Å². The van der Waals surface area contributed by atoms with Crippen LogP contribution in [0.1, 0.15) is 45.6 Å². The fourth-order valence-corrected chi connectivity index (χ4v) is 2.79. The monoisotopic (exact) mass is 262 g/mol. The van der Waals surface area contributed by atoms with E-state index in [2.05, 4.69) is 42.9 Å². The standard InChI is InChI=1S/C15H26N4/c1-5-8-16-15-17-10-12(4)14(18-15)19-9-6-7-13(19)11(2)3/h10-11,13H,5-9H2,1-4H3,(H,16,17,18). The van der Waals surface area contributed by atoms with Crippen LogP contribution in [-0.2, 0) is 0 Å². The predicted molar refractivity (Wildman–Crippen MR) is 80.8 cm³/mol. The average molecular weight is 262 g/mol. The summed E-state index contributed by atoms with van der Waals surface area (Å²) in [7, 11) is 0. The normalized spacial score (nSPS) is 19.2. The summed E-state index contributed by atoms with van der Waals surface area (Å²) in [4.78, 5) is 11.6. The summed E-state index contributed by atoms with van der Waals surface area (Å²) in [6.07, 6.45) is 5.57. The van der Waals surface area contributed by atoms with E-state index in [-0.39, 0.29) is 0 Å². The maximum Gasteiger partial charge on any atom is 0.224 e. The Bertz CT molecular complexity index is 417. The summed E-state index contributed by atoms with van der Waals surface area (Å²) >= 11 is 0. The first-order chi connectivity index (χ1) is 9.13. The lowest BCUT2D eigenvalue weighted by molar-refractivity contribution is 0.489. The molecular weight excluding hydrogens is 236 g/mol. The number of aromatic nitrogens is 2. The molecule has 2 heterocycles. The van der Waals surface area contributed by atoms with Gasteiger partial charge in [0, 0.05) is 30.9 Å². The summed E-state index contributed by atoms with van der Waals surface area (Å²) in [5.74, 6) is 2.55. The first kappa shape index (κ1) is 14.1. The molecular formula is C15H26N4. The number of nitrogens with one attached hydrogen (secondary N) is 1. The maximum absolute atomic E-state index is 4.73. The van der Waals surface area contributed by atoms with E-state index >= 15 is 0 Å². The summed E-state index contributed by atoms with van der Waals surface area (Å²) < 4.78 is 0. The van der Waals surface area contributed by atoms with Gasteiger partial charge in [0.15, 0.2) is 0 Å². The van der Waals surface area contributed by atoms with Crippen LogP contribution in [0.3, 0.4) is 0 Å². The second-order valence-electron chi connectivity index (χ2n) is 5.77. The molecule has 0 bridgehead atoms. The first-order valence-electron chi connectivity index (χ1n) is 7.47. The zero-order chi connectivity index (χ0) is 13.8. The Morgan fingerprint density at radius 2 is 2.26 bits per heavy atom. The molecule has 0 spiro atoms. The van der Waals surface area contributed by atoms with Gasteiger partial charge in [-0.2, -0.15) is 4.98 Å². The summed E-state index contributed by atoms with van der Waals surface area (Å²) in [6, 6.07) is 0.618. The molecule has 1 fully saturated rings. The highest BCUT2D eigenvalue weighted by molar-refractivity contribution is 5.50. The van der Waals surface area contributed by atoms with Crippen LogP contribution in [-0.4, -0.2) is 29.1 Å². The zero-order valence-electron chi connectivity index (χ0n) is 12.6. The van der Waals surface area contributed by atoms with Gasteiger partial charge in [-0.25, -0.2) is 4.98 Å². The molecule has 1 aromatic heterocycles. The molecule has 106 valence electrons. The Hall–Kier alpha value is -1.32. The second kappa shape index (κ2) is 6.22. The fraction of sp³-hybridized carbons (Fsp3) is 0.733. The molecule has 2 rings (SSSR count). The molecule has 1 aliphatic rings. The van der Waals surface area contributed by atoms with Gasteiger partial charge in [0.2, 0.25) is 5.95 Å². The molecule has 0 aliphatic carbocycles. The van der Waals surface area contributed by atoms with E-state index in [9.17, 15) is 0 Å². The van der Waals surface area contributed by atoms with Crippen LogP contribution in [0.2, 0.25) is 0 Å². The van der Waals surface area contributed by atoms with Crippen molar-refractivity contribution >= 4 is 11.8 Å². The molecule has 0 saturated carbocycles. The molecule has 0 radical (unpaired) electrons. The van der Waals surface area contributed by atoms with Crippen molar-refractivity contribution in [2.45, 2.75) is 53.0 Å². The van der Waals surface area contributed by atoms with Gasteiger partial charge in [-0.05, 0) is 32.1 Å². The van der Waals surface area contributed by atoms with Crippen LogP contribution in [0.4, 0.5) is 11.8 Å². The molecule has 1 atom stereocenters. The van der Waals surface area contributed by atoms with Crippen LogP contribution < -0.4 is 10.2 Å². The van der Waals surface area contributed by atoms with E-state index in [0.717, 1.165) is 31.3 Å². The van der Waals surface area contributed by atoms with Crippen molar-refractivity contribution in [3.63, 3.8) is 0 Å². The Labute approximate surface area is 116 Å². The second-order valence-corrected chi connectivity index (χ2v) is 5.77. The number of anilines is 2. The third kappa shape index (κ3) is 3.17. The van der Waals surface area contributed by atoms with Gasteiger partial charge in [-0.3, -0.25) is 0 Å². The Balaban J connectivity index is 2.22. The number of aryl methyl sites for hydroxylation is 1. The van der Waals surface area contributed by atoms with E-state index < -0.39 is 0 Å². The van der Waals surface area contributed by atoms with Crippen LogP contribution in [0.25, 0.3) is 0 Å². The smallest absolute Gasteiger partial charge is 0.224 e. The predicted octanol–water partition coefficient (Wildman–Crippen LogP) is 3.23. The Morgan fingerprint density at radius 3 is 2.95 bits per heavy atom. The summed E-state index contributed by atoms with van der Waals surface area (Å²) in [6.45, 7) is 10.9. The molecule has 0 amide bonds. The highest BCUT2D eigenvalue weighted by atomic mass is 15.3. The topological polar surface area (TPSA) is 41.1 Å². The lowest BCUT2D eigenvalue weighted by Gasteiger charge is -2.30. The van der Waals surface area contributed by atoms with Gasteiger partial charge in [0.25, 0.3) is 0 Å². The quantitative estimate of drug-likeness (QED) is 0.884. The van der Waals surface area contributed by atoms with Crippen molar-refractivity contribution < 1.29 is 0 Å². The van der Waals surface area contributed by atoms with E-state index in [0.29, 0.717) is 12.0 Å². The molecule has 1 N–H and O–H groups in total. The third-order valence-electron chi connectivity index (χ3n) is 3.82. The molecule has 1 saturated heterocycles. The van der Waals surface area contributed by atoms with E-state index in [1.165, 1.54) is 18.4 Å². The molecule has 19 heavy (non-hydrogen) atoms. The zero-order valence-corrected chi connectivity index (χ0v) is 12.6. The Kier molecular flexibility index (Phi) is 4.61. The van der Waals surface area contributed by atoms with Gasteiger partial charge in [0.1, 0.15) is 5.82 Å². The Morgan fingerprint density at radius 1 is 1.47 bits per heavy atom. The number of hydrogen-bond acceptors (Lipinski definition) is 4. The molecule has 1 unspecified atom stereocenters. The van der Waals surface area contributed by atoms with Gasteiger partial charge in [-0.15, -0.1) is 0 Å². The van der Waals surface area contributed by atoms with Gasteiger partial charge in [-0.1, -0.05) is 20.8 Å². The first-order valence-corrected chi connectivity index (χ1v) is 7.47. The van der Waals surface area contributed by atoms with E-state index in [4.69, 9.17) is 4.98 Å². The molecule has 1 aromatic rings. The van der Waals surface area contributed by atoms with Crippen molar-refractivity contribution in [3.05, 3.63) is 11.8 Å². The lowest BCUT2D eigenvalue weighted by Crippen LogP contribution is -2.34. The number of nitrogens with zero attached hydrogens (tertiary/aromatic N) is 3. The minimum absolute atomic E-state index is 0.618. The average Bonchev–Trinajstić information content (AvgIpc) is 2.87.